The van der Waals surface area contributed by atoms with Crippen LogP contribution in [0.1, 0.15) is 58.0 Å². The molecule has 1 saturated heterocycles. The first-order valence-electron chi connectivity index (χ1n) is 12.3. The molecule has 1 spiro atoms. The molecule has 3 heterocycles. The van der Waals surface area contributed by atoms with Gasteiger partial charge in [0, 0.05) is 24.1 Å². The molecule has 2 amide bonds. The highest BCUT2D eigenvalue weighted by Gasteiger charge is 2.85. The smallest absolute Gasteiger partial charge is 0.261 e. The number of phenolic OH excluding ortho intramolecular Hbond substituents is 1. The van der Waals surface area contributed by atoms with Crippen molar-refractivity contribution >= 4 is 11.8 Å². The minimum Gasteiger partial charge on any atom is -0.504 e. The number of likely N-dealkylation sites (tertiary alicyclic amines) is 1. The monoisotopic (exact) mass is 460 g/mol. The molecule has 0 aromatic heterocycles. The van der Waals surface area contributed by atoms with Crippen LogP contribution in [0.25, 0.3) is 0 Å². The van der Waals surface area contributed by atoms with Gasteiger partial charge in [0.15, 0.2) is 11.5 Å². The third kappa shape index (κ3) is 2.00. The van der Waals surface area contributed by atoms with E-state index in [2.05, 4.69) is 11.8 Å². The maximum absolute atomic E-state index is 13.4. The lowest BCUT2D eigenvalue weighted by atomic mass is 9.35. The fourth-order valence-electron chi connectivity index (χ4n) is 8.15. The van der Waals surface area contributed by atoms with Gasteiger partial charge in [-0.15, -0.1) is 0 Å². The first kappa shape index (κ1) is 20.5. The van der Waals surface area contributed by atoms with Crippen LogP contribution in [0.3, 0.4) is 0 Å². The van der Waals surface area contributed by atoms with Gasteiger partial charge in [0.25, 0.3) is 11.8 Å². The first-order valence-corrected chi connectivity index (χ1v) is 12.3. The number of benzene rings is 2. The molecule has 7 rings (SSSR count). The summed E-state index contributed by atoms with van der Waals surface area (Å²) in [5.74, 6) is -0.0123. The molecule has 176 valence electrons. The fourth-order valence-corrected chi connectivity index (χ4v) is 8.15. The van der Waals surface area contributed by atoms with Gasteiger partial charge in [-0.1, -0.05) is 25.1 Å². The van der Waals surface area contributed by atoms with Crippen LogP contribution in [0.2, 0.25) is 0 Å². The molecule has 1 unspecified atom stereocenters. The average molecular weight is 461 g/mol. The van der Waals surface area contributed by atoms with Crippen molar-refractivity contribution in [2.75, 3.05) is 13.1 Å². The zero-order valence-corrected chi connectivity index (χ0v) is 19.3. The number of ether oxygens (including phenoxy) is 1. The van der Waals surface area contributed by atoms with E-state index in [-0.39, 0.29) is 29.5 Å². The van der Waals surface area contributed by atoms with Gasteiger partial charge in [0.1, 0.15) is 6.10 Å². The molecule has 34 heavy (non-hydrogen) atoms. The van der Waals surface area contributed by atoms with Crippen LogP contribution in [0.15, 0.2) is 36.4 Å². The van der Waals surface area contributed by atoms with Crippen molar-refractivity contribution in [3.05, 3.63) is 58.7 Å². The quantitative estimate of drug-likeness (QED) is 0.685. The number of aliphatic hydroxyl groups is 1. The molecule has 3 aliphatic heterocycles. The molecule has 6 atom stereocenters. The molecule has 2 N–H and O–H groups in total. The summed E-state index contributed by atoms with van der Waals surface area (Å²) in [6.45, 7) is 5.90. The van der Waals surface area contributed by atoms with Crippen LogP contribution >= 0.6 is 0 Å². The molecular formula is C27H28N2O5. The standard InChI is InChI=1S/C27H28N2O5/c1-3-12-28-13-17-22(28)26(33)11-10-18(29-24(31)15-6-4-5-7-16(15)25(29)32)23-27(17,26)20-14(2)8-9-19(30)21(20)34-23/h4-9,17-18,22-23,30,33H,3,10-13H2,1-2H3/t17?,18-,22-,23+,26-,27+/m1/s1. The van der Waals surface area contributed by atoms with E-state index < -0.39 is 23.2 Å². The minimum absolute atomic E-state index is 0.0365. The van der Waals surface area contributed by atoms with Crippen molar-refractivity contribution in [3.8, 4) is 11.5 Å². The molecule has 0 bridgehead atoms. The van der Waals surface area contributed by atoms with Crippen molar-refractivity contribution in [2.45, 2.75) is 62.3 Å². The number of phenols is 1. The Morgan fingerprint density at radius 1 is 1.12 bits per heavy atom. The normalized spacial score (nSPS) is 37.1. The number of rotatable bonds is 3. The topological polar surface area (TPSA) is 90.3 Å². The largest absolute Gasteiger partial charge is 0.504 e. The van der Waals surface area contributed by atoms with E-state index in [1.165, 1.54) is 4.90 Å². The van der Waals surface area contributed by atoms with Crippen molar-refractivity contribution in [2.24, 2.45) is 5.92 Å². The molecule has 2 aromatic carbocycles. The second-order valence-electron chi connectivity index (χ2n) is 10.6. The van der Waals surface area contributed by atoms with Gasteiger partial charge >= 0.3 is 0 Å². The number of fused-ring (bicyclic) bond motifs is 4. The summed E-state index contributed by atoms with van der Waals surface area (Å²) in [5.41, 5.74) is 0.873. The Balaban J connectivity index is 1.38. The fraction of sp³-hybridized carbons (Fsp3) is 0.481. The molecule has 7 nitrogen and oxygen atoms in total. The molecule has 3 fully saturated rings. The van der Waals surface area contributed by atoms with Gasteiger partial charge in [-0.2, -0.15) is 0 Å². The van der Waals surface area contributed by atoms with Crippen molar-refractivity contribution in [3.63, 3.8) is 0 Å². The van der Waals surface area contributed by atoms with Gasteiger partial charge in [-0.25, -0.2) is 0 Å². The van der Waals surface area contributed by atoms with Crippen molar-refractivity contribution in [1.29, 1.82) is 0 Å². The maximum atomic E-state index is 13.4. The number of imide groups is 1. The van der Waals surface area contributed by atoms with Crippen LogP contribution in [0.4, 0.5) is 0 Å². The molecule has 7 heteroatoms. The summed E-state index contributed by atoms with van der Waals surface area (Å²) in [4.78, 5) is 30.5. The summed E-state index contributed by atoms with van der Waals surface area (Å²) >= 11 is 0. The number of nitrogens with zero attached hydrogens (tertiary/aromatic N) is 2. The molecule has 2 aliphatic carbocycles. The van der Waals surface area contributed by atoms with Crippen LogP contribution in [-0.2, 0) is 5.41 Å². The number of carbonyl (C=O) groups is 2. The van der Waals surface area contributed by atoms with Gasteiger partial charge in [-0.3, -0.25) is 19.4 Å². The zero-order valence-electron chi connectivity index (χ0n) is 19.3. The second-order valence-corrected chi connectivity index (χ2v) is 10.6. The summed E-state index contributed by atoms with van der Waals surface area (Å²) < 4.78 is 6.51. The highest BCUT2D eigenvalue weighted by Crippen LogP contribution is 2.73. The number of aromatic hydroxyl groups is 1. The number of amides is 2. The molecule has 2 saturated carbocycles. The number of piperidine rings is 1. The van der Waals surface area contributed by atoms with E-state index in [0.29, 0.717) is 29.7 Å². The van der Waals surface area contributed by atoms with E-state index in [9.17, 15) is 19.8 Å². The first-order chi connectivity index (χ1) is 16.4. The lowest BCUT2D eigenvalue weighted by Crippen LogP contribution is -2.92. The van der Waals surface area contributed by atoms with E-state index in [1.807, 2.05) is 13.0 Å². The second kappa shape index (κ2) is 6.40. The van der Waals surface area contributed by atoms with Gasteiger partial charge in [0.2, 0.25) is 0 Å². The van der Waals surface area contributed by atoms with E-state index in [1.54, 1.807) is 30.3 Å². The third-order valence-electron chi connectivity index (χ3n) is 9.29. The average Bonchev–Trinajstić information content (AvgIpc) is 3.30. The number of hydrogen-bond acceptors (Lipinski definition) is 6. The number of carbonyl (C=O) groups excluding carboxylic acids is 2. The number of hydrogen-bond donors (Lipinski definition) is 2. The zero-order chi connectivity index (χ0) is 23.6. The van der Waals surface area contributed by atoms with Gasteiger partial charge in [0.05, 0.1) is 28.2 Å². The lowest BCUT2D eigenvalue weighted by Gasteiger charge is -2.77. The van der Waals surface area contributed by atoms with Crippen LogP contribution in [0.5, 0.6) is 11.5 Å². The SMILES string of the molecule is CCCN1CC2[C@@H]1[C@]1(O)CC[C@@H](N3C(=O)c4ccccc4C3=O)[C@@H]3Oc4c(O)ccc(C)c4[C@@]231. The Morgan fingerprint density at radius 2 is 1.82 bits per heavy atom. The predicted octanol–water partition coefficient (Wildman–Crippen LogP) is 2.61. The summed E-state index contributed by atoms with van der Waals surface area (Å²) in [6.07, 6.45) is 1.35. The lowest BCUT2D eigenvalue weighted by molar-refractivity contribution is -0.320. The highest BCUT2D eigenvalue weighted by atomic mass is 16.5. The van der Waals surface area contributed by atoms with Crippen LogP contribution < -0.4 is 4.74 Å². The van der Waals surface area contributed by atoms with Gasteiger partial charge in [-0.05, 0) is 56.5 Å². The van der Waals surface area contributed by atoms with E-state index >= 15 is 0 Å². The summed E-state index contributed by atoms with van der Waals surface area (Å²) in [6, 6.07) is 9.94. The Labute approximate surface area is 197 Å². The van der Waals surface area contributed by atoms with Crippen molar-refractivity contribution in [1.82, 2.24) is 9.80 Å². The Hall–Kier alpha value is -2.90. The molecular weight excluding hydrogens is 432 g/mol. The minimum atomic E-state index is -1.03. The van der Waals surface area contributed by atoms with Crippen LogP contribution in [0, 0.1) is 12.8 Å². The Kier molecular flexibility index (Phi) is 3.85. The van der Waals surface area contributed by atoms with E-state index in [0.717, 1.165) is 30.6 Å². The van der Waals surface area contributed by atoms with Crippen molar-refractivity contribution < 1.29 is 24.5 Å². The van der Waals surface area contributed by atoms with Gasteiger partial charge < -0.3 is 14.9 Å². The Morgan fingerprint density at radius 3 is 2.50 bits per heavy atom. The van der Waals surface area contributed by atoms with E-state index in [4.69, 9.17) is 4.74 Å². The molecule has 0 radical (unpaired) electrons. The number of aryl methyl sites for hydroxylation is 1. The molecule has 5 aliphatic rings. The maximum Gasteiger partial charge on any atom is 0.261 e. The summed E-state index contributed by atoms with van der Waals surface area (Å²) in [7, 11) is 0. The van der Waals surface area contributed by atoms with Crippen LogP contribution in [-0.4, -0.2) is 68.7 Å². The summed E-state index contributed by atoms with van der Waals surface area (Å²) in [5, 5.41) is 23.1. The predicted molar refractivity (Wildman–Crippen MR) is 123 cm³/mol. The highest BCUT2D eigenvalue weighted by molar-refractivity contribution is 6.21. The molecule has 2 aromatic rings. The third-order valence-corrected chi connectivity index (χ3v) is 9.29. The Bertz CT molecular complexity index is 1240.